The van der Waals surface area contributed by atoms with E-state index in [1.165, 1.54) is 18.2 Å². The lowest BCUT2D eigenvalue weighted by atomic mass is 10.3. The number of rotatable bonds is 5. The number of hydrogen-bond donors (Lipinski definition) is 0. The third-order valence-electron chi connectivity index (χ3n) is 1.89. The molecule has 1 unspecified atom stereocenters. The normalized spacial score (nSPS) is 10.4. The molecule has 0 aliphatic rings. The largest absolute Gasteiger partial charge is 0.600 e. The van der Waals surface area contributed by atoms with Crippen molar-refractivity contribution in [1.82, 2.24) is 0 Å². The molecule has 0 spiro atoms. The standard InChI is InChI=1S/C12H12O5P/c1-3-11(13)16-9-6-5-7-10(8-9)18(15)17-12(14)4-2/h3,5-8H,1,4H2,2H3/q+1. The summed E-state index contributed by atoms with van der Waals surface area (Å²) < 4.78 is 21.2. The van der Waals surface area contributed by atoms with Gasteiger partial charge in [0, 0.05) is 18.6 Å². The smallest absolute Gasteiger partial charge is 0.423 e. The van der Waals surface area contributed by atoms with Gasteiger partial charge in [-0.2, -0.15) is 0 Å². The molecule has 0 radical (unpaired) electrons. The topological polar surface area (TPSA) is 69.7 Å². The number of hydrogen-bond acceptors (Lipinski definition) is 5. The molecule has 0 N–H and O–H groups in total. The minimum Gasteiger partial charge on any atom is -0.423 e. The molecule has 5 nitrogen and oxygen atoms in total. The summed E-state index contributed by atoms with van der Waals surface area (Å²) in [6.45, 7) is 4.87. The molecular weight excluding hydrogens is 255 g/mol. The summed E-state index contributed by atoms with van der Waals surface area (Å²) in [7, 11) is -2.28. The highest BCUT2D eigenvalue weighted by Crippen LogP contribution is 2.24. The molecule has 0 fully saturated rings. The van der Waals surface area contributed by atoms with Gasteiger partial charge in [-0.25, -0.2) is 14.1 Å². The summed E-state index contributed by atoms with van der Waals surface area (Å²) in [5.41, 5.74) is 0. The number of esters is 1. The Morgan fingerprint density at radius 2 is 2.17 bits per heavy atom. The monoisotopic (exact) mass is 267 g/mol. The van der Waals surface area contributed by atoms with E-state index in [-0.39, 0.29) is 17.5 Å². The Kier molecular flexibility index (Phi) is 5.21. The third kappa shape index (κ3) is 4.11. The predicted octanol–water partition coefficient (Wildman–Crippen LogP) is 2.10. The zero-order chi connectivity index (χ0) is 13.5. The summed E-state index contributed by atoms with van der Waals surface area (Å²) in [6, 6.07) is 5.97. The second-order valence-electron chi connectivity index (χ2n) is 3.20. The van der Waals surface area contributed by atoms with E-state index in [4.69, 9.17) is 4.74 Å². The Morgan fingerprint density at radius 1 is 1.44 bits per heavy atom. The van der Waals surface area contributed by atoms with Gasteiger partial charge in [-0.05, 0) is 16.7 Å². The van der Waals surface area contributed by atoms with Crippen molar-refractivity contribution in [3.8, 4) is 5.75 Å². The number of carbonyl (C=O) groups excluding carboxylic acids is 2. The summed E-state index contributed by atoms with van der Waals surface area (Å²) in [5.74, 6) is -0.953. The molecule has 0 heterocycles. The fourth-order valence-electron chi connectivity index (χ4n) is 1.03. The lowest BCUT2D eigenvalue weighted by Crippen LogP contribution is -2.07. The zero-order valence-electron chi connectivity index (χ0n) is 9.79. The first-order chi connectivity index (χ1) is 8.56. The molecule has 0 saturated heterocycles. The quantitative estimate of drug-likeness (QED) is 0.353. The highest BCUT2D eigenvalue weighted by atomic mass is 31.1. The van der Waals surface area contributed by atoms with Gasteiger partial charge in [0.15, 0.2) is 0 Å². The van der Waals surface area contributed by atoms with E-state index in [1.54, 1.807) is 13.0 Å². The molecule has 0 amide bonds. The van der Waals surface area contributed by atoms with Crippen molar-refractivity contribution < 1.29 is 23.4 Å². The molecular formula is C12H12O5P+. The Bertz CT molecular complexity index is 495. The number of ether oxygens (including phenoxy) is 1. The molecule has 94 valence electrons. The van der Waals surface area contributed by atoms with Crippen LogP contribution in [0.3, 0.4) is 0 Å². The van der Waals surface area contributed by atoms with Crippen LogP contribution in [0.15, 0.2) is 36.9 Å². The molecule has 0 aromatic heterocycles. The van der Waals surface area contributed by atoms with Crippen molar-refractivity contribution in [2.45, 2.75) is 13.3 Å². The zero-order valence-corrected chi connectivity index (χ0v) is 10.7. The first-order valence-corrected chi connectivity index (χ1v) is 6.37. The molecule has 18 heavy (non-hydrogen) atoms. The highest BCUT2D eigenvalue weighted by Gasteiger charge is 2.26. The van der Waals surface area contributed by atoms with Crippen molar-refractivity contribution in [2.24, 2.45) is 0 Å². The van der Waals surface area contributed by atoms with E-state index < -0.39 is 20.0 Å². The summed E-state index contributed by atoms with van der Waals surface area (Å²) in [5, 5.41) is 0.279. The fourth-order valence-corrected chi connectivity index (χ4v) is 1.89. The minimum atomic E-state index is -2.28. The van der Waals surface area contributed by atoms with Crippen molar-refractivity contribution in [1.29, 1.82) is 0 Å². The molecule has 1 aromatic rings. The van der Waals surface area contributed by atoms with Crippen LogP contribution in [-0.2, 0) is 18.7 Å². The summed E-state index contributed by atoms with van der Waals surface area (Å²) >= 11 is 0. The lowest BCUT2D eigenvalue weighted by Gasteiger charge is -1.99. The second-order valence-corrected chi connectivity index (χ2v) is 4.41. The first kappa shape index (κ1) is 14.1. The van der Waals surface area contributed by atoms with Gasteiger partial charge in [-0.3, -0.25) is 0 Å². The average Bonchev–Trinajstić information content (AvgIpc) is 2.38. The second kappa shape index (κ2) is 6.67. The SMILES string of the molecule is C=CC(=O)Oc1cccc([P+](=O)OC(=O)CC)c1. The third-order valence-corrected chi connectivity index (χ3v) is 2.96. The van der Waals surface area contributed by atoms with E-state index in [2.05, 4.69) is 11.1 Å². The van der Waals surface area contributed by atoms with Crippen LogP contribution < -0.4 is 10.0 Å². The van der Waals surface area contributed by atoms with Gasteiger partial charge in [0.1, 0.15) is 5.75 Å². The Morgan fingerprint density at radius 3 is 2.78 bits per heavy atom. The van der Waals surface area contributed by atoms with Crippen LogP contribution in [0.5, 0.6) is 5.75 Å². The number of benzene rings is 1. The minimum absolute atomic E-state index is 0.145. The van der Waals surface area contributed by atoms with Crippen LogP contribution in [0, 0.1) is 0 Å². The van der Waals surface area contributed by atoms with E-state index in [9.17, 15) is 14.2 Å². The predicted molar refractivity (Wildman–Crippen MR) is 65.9 cm³/mol. The van der Waals surface area contributed by atoms with E-state index in [0.717, 1.165) is 6.08 Å². The molecule has 1 aromatic carbocycles. The van der Waals surface area contributed by atoms with E-state index >= 15 is 0 Å². The van der Waals surface area contributed by atoms with Crippen LogP contribution in [0.1, 0.15) is 13.3 Å². The highest BCUT2D eigenvalue weighted by molar-refractivity contribution is 7.48. The molecule has 0 aliphatic carbocycles. The lowest BCUT2D eigenvalue weighted by molar-refractivity contribution is -0.133. The van der Waals surface area contributed by atoms with Crippen molar-refractivity contribution >= 4 is 25.3 Å². The van der Waals surface area contributed by atoms with Gasteiger partial charge in [-0.15, -0.1) is 0 Å². The molecule has 1 atom stereocenters. The van der Waals surface area contributed by atoms with Crippen LogP contribution in [0.4, 0.5) is 0 Å². The molecule has 1 rings (SSSR count). The maximum atomic E-state index is 11.7. The Labute approximate surface area is 105 Å². The van der Waals surface area contributed by atoms with E-state index in [1.807, 2.05) is 0 Å². The Hall–Kier alpha value is -2.00. The summed E-state index contributed by atoms with van der Waals surface area (Å²) in [6.07, 6.45) is 1.16. The van der Waals surface area contributed by atoms with Gasteiger partial charge in [-0.1, -0.05) is 19.6 Å². The maximum Gasteiger partial charge on any atom is 0.600 e. The van der Waals surface area contributed by atoms with Gasteiger partial charge in [0.05, 0.1) is 0 Å². The molecule has 0 saturated carbocycles. The average molecular weight is 267 g/mol. The van der Waals surface area contributed by atoms with Crippen LogP contribution in [-0.4, -0.2) is 11.9 Å². The van der Waals surface area contributed by atoms with Crippen LogP contribution in [0.25, 0.3) is 0 Å². The van der Waals surface area contributed by atoms with Crippen molar-refractivity contribution in [3.63, 3.8) is 0 Å². The van der Waals surface area contributed by atoms with Crippen LogP contribution >= 0.6 is 8.03 Å². The van der Waals surface area contributed by atoms with Gasteiger partial charge in [0.2, 0.25) is 5.30 Å². The van der Waals surface area contributed by atoms with E-state index in [0.29, 0.717) is 0 Å². The van der Waals surface area contributed by atoms with Gasteiger partial charge < -0.3 is 4.74 Å². The van der Waals surface area contributed by atoms with Gasteiger partial charge in [0.25, 0.3) is 0 Å². The molecule has 6 heteroatoms. The van der Waals surface area contributed by atoms with Gasteiger partial charge >= 0.3 is 20.0 Å². The summed E-state index contributed by atoms with van der Waals surface area (Å²) in [4.78, 5) is 22.0. The Balaban J connectivity index is 2.81. The molecule has 0 aliphatic heterocycles. The van der Waals surface area contributed by atoms with Crippen LogP contribution in [0.2, 0.25) is 0 Å². The fraction of sp³-hybridized carbons (Fsp3) is 0.167. The first-order valence-electron chi connectivity index (χ1n) is 5.19. The van der Waals surface area contributed by atoms with Crippen molar-refractivity contribution in [3.05, 3.63) is 36.9 Å². The van der Waals surface area contributed by atoms with Crippen molar-refractivity contribution in [2.75, 3.05) is 0 Å². The molecule has 0 bridgehead atoms. The maximum absolute atomic E-state index is 11.7. The number of carbonyl (C=O) groups is 2.